The van der Waals surface area contributed by atoms with Gasteiger partial charge in [-0.3, -0.25) is 4.79 Å². The van der Waals surface area contributed by atoms with Gasteiger partial charge in [0.05, 0.1) is 13.4 Å². The Hall–Kier alpha value is -3.74. The largest absolute Gasteiger partial charge is 0.497 e. The second-order valence-corrected chi connectivity index (χ2v) is 6.34. The quantitative estimate of drug-likeness (QED) is 0.716. The highest BCUT2D eigenvalue weighted by molar-refractivity contribution is 6.06. The molecule has 0 radical (unpaired) electrons. The maximum Gasteiger partial charge on any atom is 0.323 e. The summed E-state index contributed by atoms with van der Waals surface area (Å²) in [6.45, 7) is 0.578. The number of benzene rings is 2. The van der Waals surface area contributed by atoms with Crippen molar-refractivity contribution < 1.29 is 18.7 Å². The van der Waals surface area contributed by atoms with E-state index in [1.807, 2.05) is 12.1 Å². The molecule has 1 aliphatic rings. The van der Waals surface area contributed by atoms with Crippen molar-refractivity contribution in [3.63, 3.8) is 0 Å². The van der Waals surface area contributed by atoms with Gasteiger partial charge in [0.2, 0.25) is 0 Å². The summed E-state index contributed by atoms with van der Waals surface area (Å²) in [5.41, 5.74) is 3.05. The van der Waals surface area contributed by atoms with Gasteiger partial charge in [0, 0.05) is 29.7 Å². The molecule has 4 rings (SSSR count). The fraction of sp³-hybridized carbons (Fsp3) is 0.143. The van der Waals surface area contributed by atoms with Gasteiger partial charge in [0.15, 0.2) is 5.76 Å². The molecule has 2 N–H and O–H groups in total. The summed E-state index contributed by atoms with van der Waals surface area (Å²) in [5, 5.41) is 5.56. The molecule has 0 bridgehead atoms. The molecule has 1 aromatic heterocycles. The van der Waals surface area contributed by atoms with Gasteiger partial charge in [-0.1, -0.05) is 12.1 Å². The Morgan fingerprint density at radius 3 is 2.61 bits per heavy atom. The first kappa shape index (κ1) is 17.7. The zero-order valence-electron chi connectivity index (χ0n) is 15.3. The van der Waals surface area contributed by atoms with Gasteiger partial charge in [0.1, 0.15) is 5.75 Å². The molecule has 0 unspecified atom stereocenters. The van der Waals surface area contributed by atoms with Crippen LogP contribution in [-0.4, -0.2) is 25.6 Å². The molecule has 0 spiro atoms. The third-order valence-corrected chi connectivity index (χ3v) is 4.54. The molecule has 1 aliphatic heterocycles. The maximum absolute atomic E-state index is 12.6. The molecule has 0 fully saturated rings. The standard InChI is InChI=1S/C21H19N3O4/c1-27-17-5-2-4-15(12-17)22-21(26)23-16-8-7-14-9-10-24(18(14)13-16)20(25)19-6-3-11-28-19/h2-8,11-13H,9-10H2,1H3,(H2,22,23,26). The number of amides is 3. The summed E-state index contributed by atoms with van der Waals surface area (Å²) in [4.78, 5) is 26.6. The van der Waals surface area contributed by atoms with Crippen molar-refractivity contribution in [3.05, 3.63) is 72.2 Å². The van der Waals surface area contributed by atoms with E-state index in [4.69, 9.17) is 9.15 Å². The lowest BCUT2D eigenvalue weighted by Gasteiger charge is -2.17. The summed E-state index contributed by atoms with van der Waals surface area (Å²) in [6, 6.07) is 15.6. The van der Waals surface area contributed by atoms with Crippen molar-refractivity contribution in [2.75, 3.05) is 29.2 Å². The summed E-state index contributed by atoms with van der Waals surface area (Å²) in [5.74, 6) is 0.756. The molecule has 2 heterocycles. The first-order valence-electron chi connectivity index (χ1n) is 8.84. The Balaban J connectivity index is 1.48. The van der Waals surface area contributed by atoms with Gasteiger partial charge >= 0.3 is 6.03 Å². The van der Waals surface area contributed by atoms with Crippen LogP contribution < -0.4 is 20.3 Å². The van der Waals surface area contributed by atoms with Crippen molar-refractivity contribution in [1.82, 2.24) is 0 Å². The highest BCUT2D eigenvalue weighted by Crippen LogP contribution is 2.32. The zero-order chi connectivity index (χ0) is 19.5. The Bertz CT molecular complexity index is 1010. The van der Waals surface area contributed by atoms with Crippen molar-refractivity contribution in [2.24, 2.45) is 0 Å². The number of carbonyl (C=O) groups is 2. The molecule has 0 saturated heterocycles. The van der Waals surface area contributed by atoms with Gasteiger partial charge in [-0.05, 0) is 48.4 Å². The number of hydrogen-bond acceptors (Lipinski definition) is 4. The lowest BCUT2D eigenvalue weighted by atomic mass is 10.1. The molecule has 0 atom stereocenters. The first-order valence-corrected chi connectivity index (χ1v) is 8.84. The van der Waals surface area contributed by atoms with Crippen molar-refractivity contribution in [1.29, 1.82) is 0 Å². The van der Waals surface area contributed by atoms with Gasteiger partial charge in [-0.15, -0.1) is 0 Å². The minimum Gasteiger partial charge on any atom is -0.497 e. The second kappa shape index (κ2) is 7.48. The number of rotatable bonds is 4. The zero-order valence-corrected chi connectivity index (χ0v) is 15.3. The number of ether oxygens (including phenoxy) is 1. The predicted molar refractivity (Wildman–Crippen MR) is 106 cm³/mol. The van der Waals surface area contributed by atoms with Crippen LogP contribution in [-0.2, 0) is 6.42 Å². The van der Waals surface area contributed by atoms with Crippen LogP contribution in [0.25, 0.3) is 0 Å². The Kier molecular flexibility index (Phi) is 4.72. The molecule has 0 saturated carbocycles. The van der Waals surface area contributed by atoms with E-state index in [1.54, 1.807) is 54.5 Å². The number of urea groups is 1. The third-order valence-electron chi connectivity index (χ3n) is 4.54. The van der Waals surface area contributed by atoms with Crippen LogP contribution in [0.5, 0.6) is 5.75 Å². The molecule has 7 nitrogen and oxygen atoms in total. The van der Waals surface area contributed by atoms with Crippen LogP contribution >= 0.6 is 0 Å². The average molecular weight is 377 g/mol. The van der Waals surface area contributed by atoms with Crippen LogP contribution in [0.3, 0.4) is 0 Å². The van der Waals surface area contributed by atoms with Crippen LogP contribution in [0.4, 0.5) is 21.9 Å². The fourth-order valence-electron chi connectivity index (χ4n) is 3.20. The molecule has 3 aromatic rings. The SMILES string of the molecule is COc1cccc(NC(=O)Nc2ccc3c(c2)N(C(=O)c2ccco2)CC3)c1. The fourth-order valence-corrected chi connectivity index (χ4v) is 3.20. The molecule has 3 amide bonds. The molecule has 28 heavy (non-hydrogen) atoms. The highest BCUT2D eigenvalue weighted by Gasteiger charge is 2.27. The Morgan fingerprint density at radius 2 is 1.86 bits per heavy atom. The summed E-state index contributed by atoms with van der Waals surface area (Å²) >= 11 is 0. The molecule has 0 aliphatic carbocycles. The number of hydrogen-bond donors (Lipinski definition) is 2. The minimum atomic E-state index is -0.380. The van der Waals surface area contributed by atoms with E-state index < -0.39 is 0 Å². The number of nitrogens with one attached hydrogen (secondary N) is 2. The average Bonchev–Trinajstić information content (AvgIpc) is 3.37. The Labute approximate surface area is 161 Å². The van der Waals surface area contributed by atoms with E-state index in [1.165, 1.54) is 6.26 Å². The summed E-state index contributed by atoms with van der Waals surface area (Å²) < 4.78 is 10.4. The van der Waals surface area contributed by atoms with E-state index >= 15 is 0 Å². The Morgan fingerprint density at radius 1 is 1.04 bits per heavy atom. The molecule has 7 heteroatoms. The third kappa shape index (κ3) is 3.55. The number of nitrogens with zero attached hydrogens (tertiary/aromatic N) is 1. The van der Waals surface area contributed by atoms with Crippen LogP contribution in [0.2, 0.25) is 0 Å². The maximum atomic E-state index is 12.6. The van der Waals surface area contributed by atoms with Crippen LogP contribution in [0.15, 0.2) is 65.3 Å². The van der Waals surface area contributed by atoms with E-state index in [-0.39, 0.29) is 11.9 Å². The van der Waals surface area contributed by atoms with Crippen molar-refractivity contribution in [3.8, 4) is 5.75 Å². The summed E-state index contributed by atoms with van der Waals surface area (Å²) in [7, 11) is 1.57. The number of carbonyl (C=O) groups excluding carboxylic acids is 2. The van der Waals surface area contributed by atoms with Gasteiger partial charge in [-0.2, -0.15) is 0 Å². The highest BCUT2D eigenvalue weighted by atomic mass is 16.5. The van der Waals surface area contributed by atoms with Crippen LogP contribution in [0.1, 0.15) is 16.1 Å². The number of furan rings is 1. The smallest absolute Gasteiger partial charge is 0.323 e. The van der Waals surface area contributed by atoms with Crippen molar-refractivity contribution >= 4 is 29.0 Å². The van der Waals surface area contributed by atoms with E-state index in [2.05, 4.69) is 10.6 Å². The van der Waals surface area contributed by atoms with E-state index in [0.29, 0.717) is 29.4 Å². The number of anilines is 3. The second-order valence-electron chi connectivity index (χ2n) is 6.34. The van der Waals surface area contributed by atoms with Gasteiger partial charge in [0.25, 0.3) is 5.91 Å². The molecule has 2 aromatic carbocycles. The van der Waals surface area contributed by atoms with Gasteiger partial charge < -0.3 is 24.7 Å². The van der Waals surface area contributed by atoms with E-state index in [0.717, 1.165) is 17.7 Å². The van der Waals surface area contributed by atoms with Gasteiger partial charge in [-0.25, -0.2) is 4.79 Å². The van der Waals surface area contributed by atoms with Crippen LogP contribution in [0, 0.1) is 0 Å². The monoisotopic (exact) mass is 377 g/mol. The number of fused-ring (bicyclic) bond motifs is 1. The first-order chi connectivity index (χ1) is 13.6. The lowest BCUT2D eigenvalue weighted by Crippen LogP contribution is -2.28. The van der Waals surface area contributed by atoms with E-state index in [9.17, 15) is 9.59 Å². The minimum absolute atomic E-state index is 0.193. The molecular formula is C21H19N3O4. The predicted octanol–water partition coefficient (Wildman–Crippen LogP) is 4.14. The molecular weight excluding hydrogens is 358 g/mol. The summed E-state index contributed by atoms with van der Waals surface area (Å²) in [6.07, 6.45) is 2.24. The normalized spacial score (nSPS) is 12.4. The topological polar surface area (TPSA) is 83.8 Å². The van der Waals surface area contributed by atoms with Crippen molar-refractivity contribution in [2.45, 2.75) is 6.42 Å². The number of methoxy groups -OCH3 is 1. The lowest BCUT2D eigenvalue weighted by molar-refractivity contribution is 0.0963. The molecule has 142 valence electrons.